The SMILES string of the molecule is CC(CCCBr)NS(=O)(=O)CC(C)c1ccccc1. The maximum absolute atomic E-state index is 12.1. The summed E-state index contributed by atoms with van der Waals surface area (Å²) in [5, 5.41) is 0.902. The molecule has 2 unspecified atom stereocenters. The van der Waals surface area contributed by atoms with Crippen LogP contribution in [0.5, 0.6) is 0 Å². The van der Waals surface area contributed by atoms with Crippen LogP contribution in [0.3, 0.4) is 0 Å². The Labute approximate surface area is 125 Å². The Balaban J connectivity index is 2.55. The van der Waals surface area contributed by atoms with Crippen molar-refractivity contribution in [1.29, 1.82) is 0 Å². The number of benzene rings is 1. The lowest BCUT2D eigenvalue weighted by Gasteiger charge is -2.17. The number of hydrogen-bond acceptors (Lipinski definition) is 2. The molecule has 1 aromatic carbocycles. The standard InChI is InChI=1S/C14H22BrNO2S/c1-12(14-8-4-3-5-9-14)11-19(17,18)16-13(2)7-6-10-15/h3-5,8-9,12-13,16H,6-7,10-11H2,1-2H3. The van der Waals surface area contributed by atoms with Gasteiger partial charge in [-0.3, -0.25) is 0 Å². The van der Waals surface area contributed by atoms with Gasteiger partial charge in [-0.2, -0.15) is 0 Å². The van der Waals surface area contributed by atoms with Crippen molar-refractivity contribution in [2.24, 2.45) is 0 Å². The minimum atomic E-state index is -3.22. The first-order valence-electron chi connectivity index (χ1n) is 6.55. The van der Waals surface area contributed by atoms with Gasteiger partial charge in [-0.15, -0.1) is 0 Å². The normalized spacial score (nSPS) is 15.1. The molecule has 3 nitrogen and oxygen atoms in total. The molecule has 1 N–H and O–H groups in total. The van der Waals surface area contributed by atoms with Gasteiger partial charge >= 0.3 is 0 Å². The molecule has 108 valence electrons. The average molecular weight is 348 g/mol. The van der Waals surface area contributed by atoms with Crippen molar-refractivity contribution < 1.29 is 8.42 Å². The number of nitrogens with one attached hydrogen (secondary N) is 1. The van der Waals surface area contributed by atoms with Crippen molar-refractivity contribution in [3.63, 3.8) is 0 Å². The first kappa shape index (κ1) is 16.7. The Morgan fingerprint density at radius 3 is 2.42 bits per heavy atom. The van der Waals surface area contributed by atoms with Gasteiger partial charge in [-0.1, -0.05) is 53.2 Å². The fraction of sp³-hybridized carbons (Fsp3) is 0.571. The molecule has 0 amide bonds. The molecule has 0 heterocycles. The predicted octanol–water partition coefficient (Wildman–Crippen LogP) is 3.27. The Bertz CT molecular complexity index is 462. The number of rotatable bonds is 8. The highest BCUT2D eigenvalue weighted by atomic mass is 79.9. The fourth-order valence-corrected chi connectivity index (χ4v) is 4.01. The Morgan fingerprint density at radius 2 is 1.84 bits per heavy atom. The molecule has 2 atom stereocenters. The topological polar surface area (TPSA) is 46.2 Å². The monoisotopic (exact) mass is 347 g/mol. The lowest BCUT2D eigenvalue weighted by Crippen LogP contribution is -2.35. The van der Waals surface area contributed by atoms with Crippen LogP contribution in [0, 0.1) is 0 Å². The first-order chi connectivity index (χ1) is 8.94. The zero-order chi connectivity index (χ0) is 14.3. The van der Waals surface area contributed by atoms with Crippen LogP contribution >= 0.6 is 15.9 Å². The van der Waals surface area contributed by atoms with Crippen LogP contribution in [0.2, 0.25) is 0 Å². The summed E-state index contributed by atoms with van der Waals surface area (Å²) < 4.78 is 26.9. The third-order valence-corrected chi connectivity index (χ3v) is 5.25. The summed E-state index contributed by atoms with van der Waals surface area (Å²) >= 11 is 3.35. The van der Waals surface area contributed by atoms with Gasteiger partial charge in [0.1, 0.15) is 0 Å². The van der Waals surface area contributed by atoms with Gasteiger partial charge in [0.2, 0.25) is 10.0 Å². The largest absolute Gasteiger partial charge is 0.212 e. The predicted molar refractivity (Wildman–Crippen MR) is 84.3 cm³/mol. The molecule has 0 fully saturated rings. The summed E-state index contributed by atoms with van der Waals surface area (Å²) in [6.45, 7) is 3.85. The summed E-state index contributed by atoms with van der Waals surface area (Å²) in [5.74, 6) is 0.137. The molecule has 0 radical (unpaired) electrons. The molecule has 0 saturated carbocycles. The van der Waals surface area contributed by atoms with E-state index >= 15 is 0 Å². The van der Waals surface area contributed by atoms with Gasteiger partial charge in [0.15, 0.2) is 0 Å². The highest BCUT2D eigenvalue weighted by Crippen LogP contribution is 2.16. The molecule has 0 aliphatic carbocycles. The van der Waals surface area contributed by atoms with E-state index in [0.717, 1.165) is 23.7 Å². The molecule has 1 rings (SSSR count). The Hall–Kier alpha value is -0.390. The van der Waals surface area contributed by atoms with Crippen molar-refractivity contribution in [2.45, 2.75) is 38.6 Å². The van der Waals surface area contributed by atoms with Crippen molar-refractivity contribution in [3.8, 4) is 0 Å². The van der Waals surface area contributed by atoms with E-state index in [1.54, 1.807) is 0 Å². The highest BCUT2D eigenvalue weighted by Gasteiger charge is 2.18. The van der Waals surface area contributed by atoms with Gasteiger partial charge in [-0.25, -0.2) is 13.1 Å². The van der Waals surface area contributed by atoms with Crippen LogP contribution in [0.4, 0.5) is 0 Å². The fourth-order valence-electron chi connectivity index (χ4n) is 2.00. The van der Waals surface area contributed by atoms with E-state index in [-0.39, 0.29) is 17.7 Å². The minimum absolute atomic E-state index is 0.00192. The second kappa shape index (κ2) is 8.02. The quantitative estimate of drug-likeness (QED) is 0.733. The molecule has 0 aromatic heterocycles. The number of sulfonamides is 1. The zero-order valence-electron chi connectivity index (χ0n) is 11.5. The average Bonchev–Trinajstić information content (AvgIpc) is 2.36. The molecule has 0 aliphatic heterocycles. The highest BCUT2D eigenvalue weighted by molar-refractivity contribution is 9.09. The first-order valence-corrected chi connectivity index (χ1v) is 9.33. The van der Waals surface area contributed by atoms with Crippen LogP contribution < -0.4 is 4.72 Å². The van der Waals surface area contributed by atoms with Gasteiger partial charge in [-0.05, 0) is 31.2 Å². The second-order valence-corrected chi connectivity index (χ2v) is 7.53. The van der Waals surface area contributed by atoms with Crippen molar-refractivity contribution in [1.82, 2.24) is 4.72 Å². The summed E-state index contributed by atoms with van der Waals surface area (Å²) in [5.41, 5.74) is 1.06. The van der Waals surface area contributed by atoms with Gasteiger partial charge in [0.25, 0.3) is 0 Å². The van der Waals surface area contributed by atoms with Crippen LogP contribution in [0.15, 0.2) is 30.3 Å². The van der Waals surface area contributed by atoms with Crippen LogP contribution in [-0.2, 0) is 10.0 Å². The summed E-state index contributed by atoms with van der Waals surface area (Å²) in [6.07, 6.45) is 1.82. The molecule has 1 aromatic rings. The van der Waals surface area contributed by atoms with E-state index in [0.29, 0.717) is 0 Å². The second-order valence-electron chi connectivity index (χ2n) is 4.94. The van der Waals surface area contributed by atoms with Crippen molar-refractivity contribution >= 4 is 26.0 Å². The minimum Gasteiger partial charge on any atom is -0.212 e. The summed E-state index contributed by atoms with van der Waals surface area (Å²) in [7, 11) is -3.22. The summed E-state index contributed by atoms with van der Waals surface area (Å²) in [4.78, 5) is 0. The molecular formula is C14H22BrNO2S. The maximum Gasteiger partial charge on any atom is 0.212 e. The van der Waals surface area contributed by atoms with E-state index in [2.05, 4.69) is 20.7 Å². The van der Waals surface area contributed by atoms with Gasteiger partial charge < -0.3 is 0 Å². The molecule has 5 heteroatoms. The van der Waals surface area contributed by atoms with Crippen molar-refractivity contribution in [3.05, 3.63) is 35.9 Å². The van der Waals surface area contributed by atoms with Crippen molar-refractivity contribution in [2.75, 3.05) is 11.1 Å². The third kappa shape index (κ3) is 6.54. The van der Waals surface area contributed by atoms with Crippen LogP contribution in [0.1, 0.15) is 38.2 Å². The lowest BCUT2D eigenvalue weighted by molar-refractivity contribution is 0.541. The van der Waals surface area contributed by atoms with Gasteiger partial charge in [0.05, 0.1) is 5.75 Å². The van der Waals surface area contributed by atoms with E-state index < -0.39 is 10.0 Å². The molecule has 19 heavy (non-hydrogen) atoms. The Kier molecular flexibility index (Phi) is 7.04. The smallest absolute Gasteiger partial charge is 0.212 e. The maximum atomic E-state index is 12.1. The van der Waals surface area contributed by atoms with E-state index in [4.69, 9.17) is 0 Å². The Morgan fingerprint density at radius 1 is 1.21 bits per heavy atom. The molecule has 0 bridgehead atoms. The zero-order valence-corrected chi connectivity index (χ0v) is 13.9. The van der Waals surface area contributed by atoms with E-state index in [1.807, 2.05) is 44.2 Å². The molecule has 0 saturated heterocycles. The molecule has 0 aliphatic rings. The number of alkyl halides is 1. The van der Waals surface area contributed by atoms with E-state index in [1.165, 1.54) is 0 Å². The molecule has 0 spiro atoms. The number of halogens is 1. The van der Waals surface area contributed by atoms with Crippen LogP contribution in [-0.4, -0.2) is 25.5 Å². The van der Waals surface area contributed by atoms with Crippen LogP contribution in [0.25, 0.3) is 0 Å². The summed E-state index contributed by atoms with van der Waals surface area (Å²) in [6, 6.07) is 9.73. The van der Waals surface area contributed by atoms with E-state index in [9.17, 15) is 8.42 Å². The lowest BCUT2D eigenvalue weighted by atomic mass is 10.0. The third-order valence-electron chi connectivity index (χ3n) is 2.99. The molecular weight excluding hydrogens is 326 g/mol. The number of hydrogen-bond donors (Lipinski definition) is 1. The van der Waals surface area contributed by atoms with Gasteiger partial charge in [0, 0.05) is 11.4 Å².